The highest BCUT2D eigenvalue weighted by Crippen LogP contribution is 2.19. The van der Waals surface area contributed by atoms with Crippen LogP contribution in [0.3, 0.4) is 0 Å². The van der Waals surface area contributed by atoms with Crippen molar-refractivity contribution in [1.29, 1.82) is 0 Å². The van der Waals surface area contributed by atoms with Gasteiger partial charge in [0.1, 0.15) is 0 Å². The molecule has 1 heterocycles. The minimum atomic E-state index is 0.495. The Kier molecular flexibility index (Phi) is 4.89. The molecule has 2 atom stereocenters. The Bertz CT molecular complexity index is 328. The van der Waals surface area contributed by atoms with Gasteiger partial charge in [-0.3, -0.25) is 4.90 Å². The SMILES string of the molecule is CSCCN1CC(c2ccccc2)NCC1C. The van der Waals surface area contributed by atoms with Crippen molar-refractivity contribution < 1.29 is 0 Å². The van der Waals surface area contributed by atoms with Crippen molar-refractivity contribution in [2.75, 3.05) is 31.6 Å². The molecule has 0 amide bonds. The minimum Gasteiger partial charge on any atom is -0.307 e. The van der Waals surface area contributed by atoms with E-state index < -0.39 is 0 Å². The van der Waals surface area contributed by atoms with Gasteiger partial charge in [0.05, 0.1) is 0 Å². The molecule has 0 radical (unpaired) electrons. The minimum absolute atomic E-state index is 0.495. The first kappa shape index (κ1) is 12.9. The third kappa shape index (κ3) is 3.47. The van der Waals surface area contributed by atoms with Gasteiger partial charge in [-0.2, -0.15) is 11.8 Å². The molecule has 1 aliphatic rings. The van der Waals surface area contributed by atoms with E-state index in [1.165, 1.54) is 17.9 Å². The summed E-state index contributed by atoms with van der Waals surface area (Å²) in [6, 6.07) is 11.9. The molecule has 0 aliphatic carbocycles. The lowest BCUT2D eigenvalue weighted by molar-refractivity contribution is 0.150. The molecule has 1 aliphatic heterocycles. The number of thioether (sulfide) groups is 1. The van der Waals surface area contributed by atoms with Crippen LogP contribution >= 0.6 is 11.8 Å². The van der Waals surface area contributed by atoms with Crippen molar-refractivity contribution in [3.8, 4) is 0 Å². The van der Waals surface area contributed by atoms with Crippen LogP contribution in [-0.4, -0.2) is 42.6 Å². The van der Waals surface area contributed by atoms with Crippen LogP contribution in [0.15, 0.2) is 30.3 Å². The zero-order valence-corrected chi connectivity index (χ0v) is 11.5. The second kappa shape index (κ2) is 6.43. The molecule has 2 nitrogen and oxygen atoms in total. The van der Waals surface area contributed by atoms with Crippen molar-refractivity contribution in [2.24, 2.45) is 0 Å². The molecule has 94 valence electrons. The van der Waals surface area contributed by atoms with E-state index in [4.69, 9.17) is 0 Å². The molecule has 3 heteroatoms. The van der Waals surface area contributed by atoms with Crippen LogP contribution in [0.2, 0.25) is 0 Å². The van der Waals surface area contributed by atoms with E-state index in [9.17, 15) is 0 Å². The largest absolute Gasteiger partial charge is 0.307 e. The van der Waals surface area contributed by atoms with Gasteiger partial charge in [0.2, 0.25) is 0 Å². The highest BCUT2D eigenvalue weighted by Gasteiger charge is 2.24. The van der Waals surface area contributed by atoms with Crippen LogP contribution in [-0.2, 0) is 0 Å². The lowest BCUT2D eigenvalue weighted by Crippen LogP contribution is -2.51. The van der Waals surface area contributed by atoms with E-state index in [0.717, 1.165) is 13.1 Å². The maximum absolute atomic E-state index is 3.64. The standard InChI is InChI=1S/C14H22N2S/c1-12-10-15-14(11-16(12)8-9-17-2)13-6-4-3-5-7-13/h3-7,12,14-15H,8-11H2,1-2H3. The summed E-state index contributed by atoms with van der Waals surface area (Å²) < 4.78 is 0. The number of piperazine rings is 1. The number of hydrogen-bond donors (Lipinski definition) is 1. The molecule has 2 rings (SSSR count). The summed E-state index contributed by atoms with van der Waals surface area (Å²) in [7, 11) is 0. The molecule has 1 fully saturated rings. The number of benzene rings is 1. The summed E-state index contributed by atoms with van der Waals surface area (Å²) in [4.78, 5) is 2.60. The van der Waals surface area contributed by atoms with Gasteiger partial charge < -0.3 is 5.32 Å². The van der Waals surface area contributed by atoms with Gasteiger partial charge in [-0.05, 0) is 18.7 Å². The van der Waals surface area contributed by atoms with E-state index in [1.54, 1.807) is 0 Å². The first-order valence-electron chi connectivity index (χ1n) is 6.32. The Hall–Kier alpha value is -0.510. The van der Waals surface area contributed by atoms with Crippen LogP contribution in [0.25, 0.3) is 0 Å². The molecule has 17 heavy (non-hydrogen) atoms. The summed E-state index contributed by atoms with van der Waals surface area (Å²) in [6.45, 7) is 5.74. The smallest absolute Gasteiger partial charge is 0.0449 e. The highest BCUT2D eigenvalue weighted by molar-refractivity contribution is 7.98. The fourth-order valence-corrected chi connectivity index (χ4v) is 2.77. The number of nitrogens with zero attached hydrogens (tertiary/aromatic N) is 1. The lowest BCUT2D eigenvalue weighted by atomic mass is 10.0. The predicted octanol–water partition coefficient (Wildman–Crippen LogP) is 2.38. The van der Waals surface area contributed by atoms with Crippen LogP contribution in [0.5, 0.6) is 0 Å². The van der Waals surface area contributed by atoms with Crippen LogP contribution < -0.4 is 5.32 Å². The molecule has 1 N–H and O–H groups in total. The fraction of sp³-hybridized carbons (Fsp3) is 0.571. The third-order valence-electron chi connectivity index (χ3n) is 3.48. The van der Waals surface area contributed by atoms with Crippen LogP contribution in [0, 0.1) is 0 Å². The van der Waals surface area contributed by atoms with Crippen molar-refractivity contribution in [2.45, 2.75) is 19.0 Å². The maximum atomic E-state index is 3.64. The Morgan fingerprint density at radius 1 is 1.35 bits per heavy atom. The number of hydrogen-bond acceptors (Lipinski definition) is 3. The topological polar surface area (TPSA) is 15.3 Å². The molecule has 2 unspecified atom stereocenters. The Morgan fingerprint density at radius 3 is 2.82 bits per heavy atom. The van der Waals surface area contributed by atoms with Gasteiger partial charge in [0.15, 0.2) is 0 Å². The zero-order chi connectivity index (χ0) is 12.1. The van der Waals surface area contributed by atoms with Gasteiger partial charge in [0, 0.05) is 37.5 Å². The third-order valence-corrected chi connectivity index (χ3v) is 4.08. The summed E-state index contributed by atoms with van der Waals surface area (Å²) in [6.07, 6.45) is 2.18. The fourth-order valence-electron chi connectivity index (χ4n) is 2.35. The Morgan fingerprint density at radius 2 is 2.12 bits per heavy atom. The van der Waals surface area contributed by atoms with E-state index in [2.05, 4.69) is 53.7 Å². The second-order valence-corrected chi connectivity index (χ2v) is 5.69. The van der Waals surface area contributed by atoms with Crippen molar-refractivity contribution in [1.82, 2.24) is 10.2 Å². The molecule has 1 aromatic carbocycles. The molecule has 0 aromatic heterocycles. The average molecular weight is 250 g/mol. The number of rotatable bonds is 4. The van der Waals surface area contributed by atoms with E-state index in [1.807, 2.05) is 11.8 Å². The lowest BCUT2D eigenvalue weighted by Gasteiger charge is -2.39. The average Bonchev–Trinajstić information content (AvgIpc) is 2.39. The van der Waals surface area contributed by atoms with Gasteiger partial charge in [-0.1, -0.05) is 30.3 Å². The Balaban J connectivity index is 1.97. The summed E-state index contributed by atoms with van der Waals surface area (Å²) >= 11 is 1.93. The molecule has 1 aromatic rings. The number of nitrogens with one attached hydrogen (secondary N) is 1. The highest BCUT2D eigenvalue weighted by atomic mass is 32.2. The quantitative estimate of drug-likeness (QED) is 0.883. The molecule has 0 bridgehead atoms. The van der Waals surface area contributed by atoms with Gasteiger partial charge in [-0.15, -0.1) is 0 Å². The van der Waals surface area contributed by atoms with E-state index in [-0.39, 0.29) is 0 Å². The zero-order valence-electron chi connectivity index (χ0n) is 10.7. The molecular weight excluding hydrogens is 228 g/mol. The van der Waals surface area contributed by atoms with Gasteiger partial charge in [-0.25, -0.2) is 0 Å². The first-order chi connectivity index (χ1) is 8.31. The Labute approximate surface area is 109 Å². The summed E-state index contributed by atoms with van der Waals surface area (Å²) in [5.41, 5.74) is 1.41. The van der Waals surface area contributed by atoms with E-state index >= 15 is 0 Å². The summed E-state index contributed by atoms with van der Waals surface area (Å²) in [5, 5.41) is 3.64. The second-order valence-electron chi connectivity index (χ2n) is 4.71. The van der Waals surface area contributed by atoms with Crippen molar-refractivity contribution in [3.05, 3.63) is 35.9 Å². The monoisotopic (exact) mass is 250 g/mol. The van der Waals surface area contributed by atoms with Gasteiger partial charge >= 0.3 is 0 Å². The molecule has 1 saturated heterocycles. The first-order valence-corrected chi connectivity index (χ1v) is 7.72. The normalized spacial score (nSPS) is 26.0. The molecule has 0 spiro atoms. The maximum Gasteiger partial charge on any atom is 0.0449 e. The van der Waals surface area contributed by atoms with E-state index in [0.29, 0.717) is 12.1 Å². The predicted molar refractivity (Wildman–Crippen MR) is 76.6 cm³/mol. The van der Waals surface area contributed by atoms with Crippen molar-refractivity contribution >= 4 is 11.8 Å². The molecule has 0 saturated carbocycles. The van der Waals surface area contributed by atoms with Crippen molar-refractivity contribution in [3.63, 3.8) is 0 Å². The van der Waals surface area contributed by atoms with Crippen LogP contribution in [0.1, 0.15) is 18.5 Å². The van der Waals surface area contributed by atoms with Crippen LogP contribution in [0.4, 0.5) is 0 Å². The van der Waals surface area contributed by atoms with Gasteiger partial charge in [0.25, 0.3) is 0 Å². The molecular formula is C14H22N2S. The summed E-state index contributed by atoms with van der Waals surface area (Å²) in [5.74, 6) is 1.23.